The smallest absolute Gasteiger partial charge is 0.227 e. The van der Waals surface area contributed by atoms with Crippen LogP contribution in [-0.4, -0.2) is 37.1 Å². The molecule has 5 heteroatoms. The number of hydrogen-bond donors (Lipinski definition) is 0. The lowest BCUT2D eigenvalue weighted by molar-refractivity contribution is -0.131. The summed E-state index contributed by atoms with van der Waals surface area (Å²) in [5.41, 5.74) is 0.955. The van der Waals surface area contributed by atoms with Crippen LogP contribution in [0.2, 0.25) is 0 Å². The van der Waals surface area contributed by atoms with Crippen molar-refractivity contribution in [2.75, 3.05) is 20.3 Å². The van der Waals surface area contributed by atoms with E-state index in [9.17, 15) is 4.79 Å². The van der Waals surface area contributed by atoms with Crippen molar-refractivity contribution in [3.63, 3.8) is 0 Å². The zero-order valence-electron chi connectivity index (χ0n) is 12.9. The van der Waals surface area contributed by atoms with E-state index in [1.165, 1.54) is 19.3 Å². The molecule has 2 aliphatic rings. The Balaban J connectivity index is 1.70. The molecule has 0 unspecified atom stereocenters. The predicted octanol–water partition coefficient (Wildman–Crippen LogP) is 3.55. The molecular formula is C17H22BrNO3. The summed E-state index contributed by atoms with van der Waals surface area (Å²) >= 11 is 3.54. The summed E-state index contributed by atoms with van der Waals surface area (Å²) in [7, 11) is 1.93. The van der Waals surface area contributed by atoms with Gasteiger partial charge in [-0.2, -0.15) is 0 Å². The molecule has 1 aliphatic heterocycles. The highest BCUT2D eigenvalue weighted by molar-refractivity contribution is 9.10. The second-order valence-electron chi connectivity index (χ2n) is 6.06. The first-order valence-electron chi connectivity index (χ1n) is 7.99. The van der Waals surface area contributed by atoms with Gasteiger partial charge in [-0.1, -0.05) is 35.2 Å². The highest BCUT2D eigenvalue weighted by Gasteiger charge is 2.23. The number of carbonyl (C=O) groups is 1. The molecule has 120 valence electrons. The quantitative estimate of drug-likeness (QED) is 0.819. The summed E-state index contributed by atoms with van der Waals surface area (Å²) in [4.78, 5) is 14.5. The minimum absolute atomic E-state index is 0.171. The minimum atomic E-state index is 0.171. The Kier molecular flexibility index (Phi) is 4.91. The molecule has 0 radical (unpaired) electrons. The van der Waals surface area contributed by atoms with Gasteiger partial charge in [-0.25, -0.2) is 0 Å². The summed E-state index contributed by atoms with van der Waals surface area (Å²) in [6.07, 6.45) is 6.41. The summed E-state index contributed by atoms with van der Waals surface area (Å²) in [5, 5.41) is 0. The number of benzene rings is 1. The Bertz CT molecular complexity index is 555. The van der Waals surface area contributed by atoms with Crippen LogP contribution in [0.3, 0.4) is 0 Å². The van der Waals surface area contributed by atoms with Crippen LogP contribution >= 0.6 is 15.9 Å². The van der Waals surface area contributed by atoms with Gasteiger partial charge in [-0.05, 0) is 30.5 Å². The van der Waals surface area contributed by atoms with Crippen molar-refractivity contribution < 1.29 is 14.3 Å². The van der Waals surface area contributed by atoms with Crippen LogP contribution in [0.4, 0.5) is 0 Å². The van der Waals surface area contributed by atoms with Crippen LogP contribution in [-0.2, 0) is 11.2 Å². The number of amides is 1. The second-order valence-corrected chi connectivity index (χ2v) is 6.91. The van der Waals surface area contributed by atoms with Crippen LogP contribution in [0.1, 0.15) is 37.7 Å². The fraction of sp³-hybridized carbons (Fsp3) is 0.588. The maximum atomic E-state index is 12.6. The molecule has 4 nitrogen and oxygen atoms in total. The van der Waals surface area contributed by atoms with Crippen molar-refractivity contribution in [1.82, 2.24) is 4.90 Å². The van der Waals surface area contributed by atoms with Gasteiger partial charge in [0.1, 0.15) is 13.2 Å². The van der Waals surface area contributed by atoms with E-state index in [1.807, 2.05) is 24.1 Å². The maximum absolute atomic E-state index is 12.6. The fourth-order valence-electron chi connectivity index (χ4n) is 3.20. The van der Waals surface area contributed by atoms with Gasteiger partial charge in [0.05, 0.1) is 6.42 Å². The summed E-state index contributed by atoms with van der Waals surface area (Å²) in [6, 6.07) is 4.22. The molecule has 1 fully saturated rings. The number of ether oxygens (including phenoxy) is 2. The second kappa shape index (κ2) is 6.90. The molecule has 0 spiro atoms. The van der Waals surface area contributed by atoms with Crippen molar-refractivity contribution in [2.24, 2.45) is 0 Å². The number of likely N-dealkylation sites (N-methyl/N-ethyl adjacent to an activating group) is 1. The summed E-state index contributed by atoms with van der Waals surface area (Å²) in [6.45, 7) is 1.13. The van der Waals surface area contributed by atoms with Gasteiger partial charge in [-0.15, -0.1) is 0 Å². The Hall–Kier alpha value is -1.23. The average molecular weight is 368 g/mol. The summed E-state index contributed by atoms with van der Waals surface area (Å²) in [5.74, 6) is 1.65. The number of hydrogen-bond acceptors (Lipinski definition) is 3. The lowest BCUT2D eigenvalue weighted by atomic mass is 9.94. The highest BCUT2D eigenvalue weighted by Crippen LogP contribution is 2.36. The number of halogens is 1. The van der Waals surface area contributed by atoms with E-state index in [0.717, 1.165) is 34.4 Å². The molecule has 1 aromatic carbocycles. The first-order valence-corrected chi connectivity index (χ1v) is 8.78. The number of carbonyl (C=O) groups excluding carboxylic acids is 1. The first-order chi connectivity index (χ1) is 10.6. The van der Waals surface area contributed by atoms with E-state index in [-0.39, 0.29) is 5.91 Å². The van der Waals surface area contributed by atoms with Crippen molar-refractivity contribution in [3.05, 3.63) is 22.2 Å². The van der Waals surface area contributed by atoms with E-state index >= 15 is 0 Å². The largest absolute Gasteiger partial charge is 0.486 e. The number of rotatable bonds is 3. The van der Waals surface area contributed by atoms with Gasteiger partial charge in [0, 0.05) is 17.6 Å². The monoisotopic (exact) mass is 367 g/mol. The van der Waals surface area contributed by atoms with Crippen molar-refractivity contribution in [2.45, 2.75) is 44.6 Å². The van der Waals surface area contributed by atoms with Gasteiger partial charge in [0.25, 0.3) is 0 Å². The zero-order chi connectivity index (χ0) is 15.5. The van der Waals surface area contributed by atoms with E-state index in [2.05, 4.69) is 15.9 Å². The van der Waals surface area contributed by atoms with Gasteiger partial charge in [0.2, 0.25) is 5.91 Å². The highest BCUT2D eigenvalue weighted by atomic mass is 79.9. The van der Waals surface area contributed by atoms with Gasteiger partial charge >= 0.3 is 0 Å². The van der Waals surface area contributed by atoms with Crippen molar-refractivity contribution in [3.8, 4) is 11.5 Å². The third kappa shape index (κ3) is 3.40. The number of nitrogens with zero attached hydrogens (tertiary/aromatic N) is 1. The van der Waals surface area contributed by atoms with E-state index in [4.69, 9.17) is 9.47 Å². The van der Waals surface area contributed by atoms with Crippen LogP contribution in [0.25, 0.3) is 0 Å². The number of fused-ring (bicyclic) bond motifs is 1. The molecule has 1 amide bonds. The fourth-order valence-corrected chi connectivity index (χ4v) is 3.66. The predicted molar refractivity (Wildman–Crippen MR) is 88.5 cm³/mol. The Morgan fingerprint density at radius 3 is 2.50 bits per heavy atom. The molecule has 22 heavy (non-hydrogen) atoms. The average Bonchev–Trinajstić information content (AvgIpc) is 2.55. The molecule has 1 aromatic rings. The minimum Gasteiger partial charge on any atom is -0.486 e. The van der Waals surface area contributed by atoms with Crippen LogP contribution in [0, 0.1) is 0 Å². The van der Waals surface area contributed by atoms with Crippen LogP contribution < -0.4 is 9.47 Å². The topological polar surface area (TPSA) is 38.8 Å². The van der Waals surface area contributed by atoms with Gasteiger partial charge < -0.3 is 14.4 Å². The van der Waals surface area contributed by atoms with Crippen LogP contribution in [0.15, 0.2) is 16.6 Å². The van der Waals surface area contributed by atoms with Crippen molar-refractivity contribution in [1.29, 1.82) is 0 Å². The Morgan fingerprint density at radius 1 is 1.18 bits per heavy atom. The molecular weight excluding hydrogens is 346 g/mol. The van der Waals surface area contributed by atoms with Gasteiger partial charge in [-0.3, -0.25) is 4.79 Å². The molecule has 3 rings (SSSR count). The van der Waals surface area contributed by atoms with Crippen molar-refractivity contribution >= 4 is 21.8 Å². The lowest BCUT2D eigenvalue weighted by Crippen LogP contribution is -2.39. The Morgan fingerprint density at radius 2 is 1.82 bits per heavy atom. The molecule has 0 N–H and O–H groups in total. The molecule has 1 saturated carbocycles. The van der Waals surface area contributed by atoms with E-state index in [1.54, 1.807) is 0 Å². The molecule has 0 saturated heterocycles. The molecule has 0 bridgehead atoms. The third-order valence-electron chi connectivity index (χ3n) is 4.57. The third-order valence-corrected chi connectivity index (χ3v) is 5.31. The summed E-state index contributed by atoms with van der Waals surface area (Å²) < 4.78 is 12.1. The first kappa shape index (κ1) is 15.7. The van der Waals surface area contributed by atoms with E-state index in [0.29, 0.717) is 25.7 Å². The lowest BCUT2D eigenvalue weighted by Gasteiger charge is -2.31. The normalized spacial score (nSPS) is 18.1. The van der Waals surface area contributed by atoms with Crippen LogP contribution in [0.5, 0.6) is 11.5 Å². The molecule has 0 atom stereocenters. The standard InChI is InChI=1S/C17H22BrNO3/c1-19(13-5-3-2-4-6-13)17(20)10-12-9-15-16(11-14(12)18)22-8-7-21-15/h9,11,13H,2-8,10H2,1H3. The Labute approximate surface area is 139 Å². The SMILES string of the molecule is CN(C(=O)Cc1cc2c(cc1Br)OCCO2)C1CCCCC1. The molecule has 0 aromatic heterocycles. The maximum Gasteiger partial charge on any atom is 0.227 e. The zero-order valence-corrected chi connectivity index (χ0v) is 14.5. The van der Waals surface area contributed by atoms with Gasteiger partial charge in [0.15, 0.2) is 11.5 Å². The molecule has 1 aliphatic carbocycles. The van der Waals surface area contributed by atoms with E-state index < -0.39 is 0 Å². The molecule has 1 heterocycles.